The Bertz CT molecular complexity index is 564. The van der Waals surface area contributed by atoms with E-state index in [1.807, 2.05) is 4.72 Å². The quantitative estimate of drug-likeness (QED) is 0.506. The van der Waals surface area contributed by atoms with Gasteiger partial charge in [-0.2, -0.15) is 0 Å². The Morgan fingerprint density at radius 1 is 1.50 bits per heavy atom. The van der Waals surface area contributed by atoms with E-state index < -0.39 is 34.5 Å². The number of rotatable bonds is 6. The predicted octanol–water partition coefficient (Wildman–Crippen LogP) is -1.43. The van der Waals surface area contributed by atoms with Crippen LogP contribution in [0.25, 0.3) is 0 Å². The van der Waals surface area contributed by atoms with Crippen LogP contribution in [0.2, 0.25) is 0 Å². The van der Waals surface area contributed by atoms with Crippen LogP contribution in [0.15, 0.2) is 15.7 Å². The number of carbonyl (C=O) groups excluding carboxylic acids is 1. The Labute approximate surface area is 106 Å². The fourth-order valence-electron chi connectivity index (χ4n) is 0.930. The van der Waals surface area contributed by atoms with Crippen molar-refractivity contribution in [3.63, 3.8) is 0 Å². The predicted molar refractivity (Wildman–Crippen MR) is 61.7 cm³/mol. The van der Waals surface area contributed by atoms with Gasteiger partial charge in [-0.25, -0.2) is 17.9 Å². The maximum atomic E-state index is 11.6. The summed E-state index contributed by atoms with van der Waals surface area (Å²) in [4.78, 5) is 21.1. The van der Waals surface area contributed by atoms with Gasteiger partial charge < -0.3 is 15.9 Å². The van der Waals surface area contributed by atoms with Gasteiger partial charge in [0.25, 0.3) is 0 Å². The molecule has 1 heterocycles. The molecule has 0 aliphatic carbocycles. The molecule has 0 spiro atoms. The molecular weight excluding hydrogens is 284 g/mol. The van der Waals surface area contributed by atoms with E-state index in [1.165, 1.54) is 5.38 Å². The van der Waals surface area contributed by atoms with Gasteiger partial charge in [0.1, 0.15) is 10.3 Å². The number of thiophene rings is 1. The maximum Gasteiger partial charge on any atom is 0.336 e. The normalized spacial score (nSPS) is 13.2. The molecule has 1 amide bonds. The number of nitrogens with two attached hydrogens (primary N) is 1. The van der Waals surface area contributed by atoms with Crippen LogP contribution in [0.1, 0.15) is 10.4 Å². The van der Waals surface area contributed by atoms with Gasteiger partial charge in [-0.1, -0.05) is 0 Å². The second kappa shape index (κ2) is 5.44. The Morgan fingerprint density at radius 3 is 2.56 bits per heavy atom. The molecule has 8 nitrogen and oxygen atoms in total. The third-order valence-electron chi connectivity index (χ3n) is 1.88. The highest BCUT2D eigenvalue weighted by Gasteiger charge is 2.21. The SMILES string of the molecule is NC(=O)C(O)CNS(=O)(=O)c1cc(C(=O)O)cs1. The lowest BCUT2D eigenvalue weighted by molar-refractivity contribution is -0.125. The number of aliphatic hydroxyl groups is 1. The fraction of sp³-hybridized carbons (Fsp3) is 0.250. The Hall–Kier alpha value is -1.49. The zero-order valence-electron chi connectivity index (χ0n) is 8.86. The number of carboxylic acids is 1. The van der Waals surface area contributed by atoms with Gasteiger partial charge in [-0.3, -0.25) is 4.79 Å². The van der Waals surface area contributed by atoms with Crippen LogP contribution in [-0.4, -0.2) is 43.2 Å². The Kier molecular flexibility index (Phi) is 4.40. The van der Waals surface area contributed by atoms with E-state index >= 15 is 0 Å². The molecule has 100 valence electrons. The molecule has 0 fully saturated rings. The van der Waals surface area contributed by atoms with E-state index in [0.717, 1.165) is 6.07 Å². The minimum atomic E-state index is -3.96. The number of aromatic carboxylic acids is 1. The van der Waals surface area contributed by atoms with Crippen LogP contribution >= 0.6 is 11.3 Å². The lowest BCUT2D eigenvalue weighted by Crippen LogP contribution is -2.39. The number of aliphatic hydroxyl groups excluding tert-OH is 1. The first-order chi connectivity index (χ1) is 8.24. The summed E-state index contributed by atoms with van der Waals surface area (Å²) in [5, 5.41) is 18.9. The average molecular weight is 294 g/mol. The van der Waals surface area contributed by atoms with Crippen LogP contribution in [0.3, 0.4) is 0 Å². The molecule has 10 heteroatoms. The molecule has 0 saturated carbocycles. The molecular formula is C8H10N2O6S2. The highest BCUT2D eigenvalue weighted by atomic mass is 32.2. The second-order valence-corrected chi connectivity index (χ2v) is 6.13. The van der Waals surface area contributed by atoms with Crippen molar-refractivity contribution in [3.8, 4) is 0 Å². The number of amides is 1. The molecule has 0 aliphatic heterocycles. The van der Waals surface area contributed by atoms with Crippen molar-refractivity contribution in [1.82, 2.24) is 4.72 Å². The molecule has 5 N–H and O–H groups in total. The zero-order chi connectivity index (χ0) is 13.9. The number of hydrogen-bond acceptors (Lipinski definition) is 6. The fourth-order valence-corrected chi connectivity index (χ4v) is 3.17. The highest BCUT2D eigenvalue weighted by molar-refractivity contribution is 7.91. The summed E-state index contributed by atoms with van der Waals surface area (Å²) < 4.78 is 25.0. The molecule has 1 rings (SSSR count). The summed E-state index contributed by atoms with van der Waals surface area (Å²) in [5.74, 6) is -2.31. The van der Waals surface area contributed by atoms with E-state index in [9.17, 15) is 18.0 Å². The summed E-state index contributed by atoms with van der Waals surface area (Å²) in [7, 11) is -3.96. The molecule has 0 aromatic carbocycles. The van der Waals surface area contributed by atoms with Crippen molar-refractivity contribution in [1.29, 1.82) is 0 Å². The van der Waals surface area contributed by atoms with Gasteiger partial charge in [-0.15, -0.1) is 11.3 Å². The molecule has 0 radical (unpaired) electrons. The van der Waals surface area contributed by atoms with E-state index in [4.69, 9.17) is 15.9 Å². The van der Waals surface area contributed by atoms with Crippen molar-refractivity contribution in [2.24, 2.45) is 5.73 Å². The van der Waals surface area contributed by atoms with Crippen molar-refractivity contribution in [2.45, 2.75) is 10.3 Å². The minimum Gasteiger partial charge on any atom is -0.478 e. The van der Waals surface area contributed by atoms with Crippen LogP contribution in [0, 0.1) is 0 Å². The van der Waals surface area contributed by atoms with Crippen molar-refractivity contribution >= 4 is 33.2 Å². The molecule has 1 atom stereocenters. The van der Waals surface area contributed by atoms with Gasteiger partial charge in [0.05, 0.1) is 5.56 Å². The Balaban J connectivity index is 2.80. The first kappa shape index (κ1) is 14.6. The van der Waals surface area contributed by atoms with Gasteiger partial charge in [0, 0.05) is 11.9 Å². The third kappa shape index (κ3) is 3.50. The van der Waals surface area contributed by atoms with Gasteiger partial charge >= 0.3 is 5.97 Å². The number of carbonyl (C=O) groups is 2. The summed E-state index contributed by atoms with van der Waals surface area (Å²) >= 11 is 0.716. The lowest BCUT2D eigenvalue weighted by Gasteiger charge is -2.07. The lowest BCUT2D eigenvalue weighted by atomic mass is 10.3. The summed E-state index contributed by atoms with van der Waals surface area (Å²) in [6.45, 7) is -0.571. The van der Waals surface area contributed by atoms with Crippen LogP contribution < -0.4 is 10.5 Å². The number of primary amides is 1. The Morgan fingerprint density at radius 2 is 2.11 bits per heavy atom. The largest absolute Gasteiger partial charge is 0.478 e. The van der Waals surface area contributed by atoms with Crippen molar-refractivity contribution in [3.05, 3.63) is 17.0 Å². The van der Waals surface area contributed by atoms with Gasteiger partial charge in [0.2, 0.25) is 15.9 Å². The molecule has 0 saturated heterocycles. The first-order valence-corrected chi connectivity index (χ1v) is 6.89. The number of hydrogen-bond donors (Lipinski definition) is 4. The molecule has 0 bridgehead atoms. The first-order valence-electron chi connectivity index (χ1n) is 4.53. The highest BCUT2D eigenvalue weighted by Crippen LogP contribution is 2.19. The maximum absolute atomic E-state index is 11.6. The van der Waals surface area contributed by atoms with Crippen LogP contribution in [0.5, 0.6) is 0 Å². The monoisotopic (exact) mass is 294 g/mol. The average Bonchev–Trinajstić information content (AvgIpc) is 2.75. The topological polar surface area (TPSA) is 147 Å². The van der Waals surface area contributed by atoms with E-state index in [2.05, 4.69) is 0 Å². The standard InChI is InChI=1S/C8H10N2O6S2/c9-7(12)5(11)2-10-18(15,16)6-1-4(3-17-6)8(13)14/h1,3,5,10-11H,2H2,(H2,9,12)(H,13,14). The van der Waals surface area contributed by atoms with Gasteiger partial charge in [0.15, 0.2) is 0 Å². The second-order valence-electron chi connectivity index (χ2n) is 3.23. The molecule has 1 aromatic rings. The van der Waals surface area contributed by atoms with Crippen LogP contribution in [-0.2, 0) is 14.8 Å². The van der Waals surface area contributed by atoms with Crippen LogP contribution in [0.4, 0.5) is 0 Å². The summed E-state index contributed by atoms with van der Waals surface area (Å²) in [6.07, 6.45) is -1.64. The van der Waals surface area contributed by atoms with Gasteiger partial charge in [-0.05, 0) is 6.07 Å². The minimum absolute atomic E-state index is 0.157. The zero-order valence-corrected chi connectivity index (χ0v) is 10.5. The molecule has 0 aliphatic rings. The summed E-state index contributed by atoms with van der Waals surface area (Å²) in [6, 6.07) is 0.978. The number of sulfonamides is 1. The molecule has 18 heavy (non-hydrogen) atoms. The smallest absolute Gasteiger partial charge is 0.336 e. The summed E-state index contributed by atoms with van der Waals surface area (Å²) in [5.41, 5.74) is 4.59. The molecule has 1 unspecified atom stereocenters. The number of carboxylic acid groups (broad SMARTS) is 1. The van der Waals surface area contributed by atoms with Crippen molar-refractivity contribution < 1.29 is 28.2 Å². The van der Waals surface area contributed by atoms with E-state index in [-0.39, 0.29) is 9.77 Å². The van der Waals surface area contributed by atoms with Crippen molar-refractivity contribution in [2.75, 3.05) is 6.54 Å². The number of nitrogens with one attached hydrogen (secondary N) is 1. The molecule has 1 aromatic heterocycles. The van der Waals surface area contributed by atoms with E-state index in [1.54, 1.807) is 0 Å². The third-order valence-corrected chi connectivity index (χ3v) is 4.75. The van der Waals surface area contributed by atoms with E-state index in [0.29, 0.717) is 11.3 Å².